The van der Waals surface area contributed by atoms with Crippen molar-refractivity contribution in [2.45, 2.75) is 31.7 Å². The van der Waals surface area contributed by atoms with Crippen molar-refractivity contribution < 1.29 is 0 Å². The Morgan fingerprint density at radius 1 is 1.15 bits per heavy atom. The maximum atomic E-state index is 9.52. The lowest BCUT2D eigenvalue weighted by Gasteiger charge is -2.17. The van der Waals surface area contributed by atoms with Gasteiger partial charge >= 0.3 is 0 Å². The van der Waals surface area contributed by atoms with Crippen molar-refractivity contribution in [3.63, 3.8) is 0 Å². The summed E-state index contributed by atoms with van der Waals surface area (Å²) in [5, 5.41) is 12.9. The van der Waals surface area contributed by atoms with E-state index in [0.717, 1.165) is 11.3 Å². The number of hydrogen-bond donors (Lipinski definition) is 1. The molecule has 0 aliphatic heterocycles. The van der Waals surface area contributed by atoms with E-state index in [9.17, 15) is 5.26 Å². The minimum Gasteiger partial charge on any atom is -0.366 e. The Bertz CT molecular complexity index is 650. The molecule has 1 N–H and O–H groups in total. The van der Waals surface area contributed by atoms with Crippen LogP contribution in [0.4, 0.5) is 5.69 Å². The van der Waals surface area contributed by atoms with Crippen LogP contribution in [0.2, 0.25) is 0 Å². The van der Waals surface area contributed by atoms with E-state index in [4.69, 9.17) is 0 Å². The minimum absolute atomic E-state index is 0.284. The lowest BCUT2D eigenvalue weighted by atomic mass is 9.97. The van der Waals surface area contributed by atoms with Crippen LogP contribution in [-0.4, -0.2) is 0 Å². The Balaban J connectivity index is 1.89. The molecule has 0 spiro atoms. The molecule has 1 aliphatic rings. The number of nitrogens with zero attached hydrogens (tertiary/aromatic N) is 1. The summed E-state index contributed by atoms with van der Waals surface area (Å²) < 4.78 is 0. The molecule has 20 heavy (non-hydrogen) atoms. The summed E-state index contributed by atoms with van der Waals surface area (Å²) in [6.07, 6.45) is 2.50. The van der Waals surface area contributed by atoms with Gasteiger partial charge in [-0.1, -0.05) is 36.4 Å². The van der Waals surface area contributed by atoms with Crippen LogP contribution in [0.5, 0.6) is 0 Å². The number of benzene rings is 2. The molecule has 0 amide bonds. The molecule has 0 aromatic heterocycles. The molecule has 1 unspecified atom stereocenters. The first kappa shape index (κ1) is 12.7. The fourth-order valence-corrected chi connectivity index (χ4v) is 2.62. The summed E-state index contributed by atoms with van der Waals surface area (Å²) in [6, 6.07) is 18.6. The molecule has 1 fully saturated rings. The SMILES string of the molecule is Cc1cccc(NC(C#N)c2ccccc2C2CC2)c1. The smallest absolute Gasteiger partial charge is 0.140 e. The topological polar surface area (TPSA) is 35.8 Å². The predicted molar refractivity (Wildman–Crippen MR) is 81.6 cm³/mol. The standard InChI is InChI=1S/C18H18N2/c1-13-5-4-6-15(11-13)20-18(12-19)17-8-3-2-7-16(17)14-9-10-14/h2-8,11,14,18,20H,9-10H2,1H3. The zero-order valence-corrected chi connectivity index (χ0v) is 11.6. The second-order valence-corrected chi connectivity index (χ2v) is 5.48. The largest absolute Gasteiger partial charge is 0.366 e. The summed E-state index contributed by atoms with van der Waals surface area (Å²) >= 11 is 0. The highest BCUT2D eigenvalue weighted by Crippen LogP contribution is 2.43. The molecule has 0 saturated heterocycles. The normalized spacial score (nSPS) is 15.4. The van der Waals surface area contributed by atoms with Gasteiger partial charge in [-0.2, -0.15) is 5.26 Å². The molecule has 2 nitrogen and oxygen atoms in total. The van der Waals surface area contributed by atoms with Gasteiger partial charge in [0.15, 0.2) is 0 Å². The first-order valence-electron chi connectivity index (χ1n) is 7.09. The summed E-state index contributed by atoms with van der Waals surface area (Å²) in [4.78, 5) is 0. The molecular weight excluding hydrogens is 244 g/mol. The summed E-state index contributed by atoms with van der Waals surface area (Å²) in [6.45, 7) is 2.06. The van der Waals surface area contributed by atoms with Gasteiger partial charge in [0.05, 0.1) is 6.07 Å². The number of anilines is 1. The van der Waals surface area contributed by atoms with Crippen molar-refractivity contribution in [2.24, 2.45) is 0 Å². The maximum Gasteiger partial charge on any atom is 0.140 e. The molecule has 2 aromatic rings. The minimum atomic E-state index is -0.284. The van der Waals surface area contributed by atoms with Crippen LogP contribution >= 0.6 is 0 Å². The van der Waals surface area contributed by atoms with Gasteiger partial charge < -0.3 is 5.32 Å². The predicted octanol–water partition coefficient (Wildman–Crippen LogP) is 4.55. The third-order valence-corrected chi connectivity index (χ3v) is 3.78. The molecule has 2 heteroatoms. The van der Waals surface area contributed by atoms with Crippen molar-refractivity contribution in [1.82, 2.24) is 0 Å². The highest BCUT2D eigenvalue weighted by molar-refractivity contribution is 5.51. The van der Waals surface area contributed by atoms with E-state index >= 15 is 0 Å². The Morgan fingerprint density at radius 3 is 2.65 bits per heavy atom. The summed E-state index contributed by atoms with van der Waals surface area (Å²) in [5.74, 6) is 0.654. The zero-order chi connectivity index (χ0) is 13.9. The Kier molecular flexibility index (Phi) is 3.43. The molecule has 1 aliphatic carbocycles. The van der Waals surface area contributed by atoms with Crippen molar-refractivity contribution in [3.05, 3.63) is 65.2 Å². The van der Waals surface area contributed by atoms with Crippen LogP contribution in [0, 0.1) is 18.3 Å². The van der Waals surface area contributed by atoms with E-state index in [-0.39, 0.29) is 6.04 Å². The van der Waals surface area contributed by atoms with Crippen LogP contribution in [0.1, 0.15) is 41.5 Å². The Labute approximate surface area is 120 Å². The van der Waals surface area contributed by atoms with Gasteiger partial charge in [-0.3, -0.25) is 0 Å². The molecule has 0 radical (unpaired) electrons. The van der Waals surface area contributed by atoms with Gasteiger partial charge in [0.1, 0.15) is 6.04 Å². The van der Waals surface area contributed by atoms with Crippen molar-refractivity contribution >= 4 is 5.69 Å². The van der Waals surface area contributed by atoms with Crippen LogP contribution in [-0.2, 0) is 0 Å². The number of aryl methyl sites for hydroxylation is 1. The third kappa shape index (κ3) is 2.67. The molecule has 1 saturated carbocycles. The highest BCUT2D eigenvalue weighted by atomic mass is 14.9. The van der Waals surface area contributed by atoms with E-state index in [1.807, 2.05) is 18.2 Å². The average Bonchev–Trinajstić information content (AvgIpc) is 3.29. The molecule has 1 atom stereocenters. The van der Waals surface area contributed by atoms with E-state index in [1.165, 1.54) is 24.0 Å². The van der Waals surface area contributed by atoms with Gasteiger partial charge in [-0.25, -0.2) is 0 Å². The molecule has 100 valence electrons. The fourth-order valence-electron chi connectivity index (χ4n) is 2.62. The van der Waals surface area contributed by atoms with E-state index < -0.39 is 0 Å². The highest BCUT2D eigenvalue weighted by Gasteiger charge is 2.28. The van der Waals surface area contributed by atoms with Crippen molar-refractivity contribution in [2.75, 3.05) is 5.32 Å². The lowest BCUT2D eigenvalue weighted by molar-refractivity contribution is 0.949. The first-order valence-corrected chi connectivity index (χ1v) is 7.09. The Hall–Kier alpha value is -2.27. The summed E-state index contributed by atoms with van der Waals surface area (Å²) in [5.41, 5.74) is 4.66. The molecule has 0 heterocycles. The summed E-state index contributed by atoms with van der Waals surface area (Å²) in [7, 11) is 0. The van der Waals surface area contributed by atoms with E-state index in [2.05, 4.69) is 48.6 Å². The van der Waals surface area contributed by atoms with E-state index in [0.29, 0.717) is 5.92 Å². The maximum absolute atomic E-state index is 9.52. The van der Waals surface area contributed by atoms with Gasteiger partial charge in [0.2, 0.25) is 0 Å². The third-order valence-electron chi connectivity index (χ3n) is 3.78. The average molecular weight is 262 g/mol. The Morgan fingerprint density at radius 2 is 1.95 bits per heavy atom. The first-order chi connectivity index (χ1) is 9.78. The van der Waals surface area contributed by atoms with Crippen LogP contribution < -0.4 is 5.32 Å². The molecule has 0 bridgehead atoms. The second kappa shape index (κ2) is 5.38. The number of hydrogen-bond acceptors (Lipinski definition) is 2. The monoisotopic (exact) mass is 262 g/mol. The fraction of sp³-hybridized carbons (Fsp3) is 0.278. The molecule has 2 aromatic carbocycles. The van der Waals surface area contributed by atoms with Gasteiger partial charge in [-0.05, 0) is 54.5 Å². The second-order valence-electron chi connectivity index (χ2n) is 5.48. The van der Waals surface area contributed by atoms with Crippen molar-refractivity contribution in [3.8, 4) is 6.07 Å². The van der Waals surface area contributed by atoms with Gasteiger partial charge in [0.25, 0.3) is 0 Å². The molecule has 3 rings (SSSR count). The van der Waals surface area contributed by atoms with Crippen LogP contribution in [0.25, 0.3) is 0 Å². The number of nitriles is 1. The number of rotatable bonds is 4. The van der Waals surface area contributed by atoms with Gasteiger partial charge in [0, 0.05) is 5.69 Å². The van der Waals surface area contributed by atoms with E-state index in [1.54, 1.807) is 0 Å². The molecular formula is C18H18N2. The lowest BCUT2D eigenvalue weighted by Crippen LogP contribution is -2.10. The zero-order valence-electron chi connectivity index (χ0n) is 11.6. The number of nitrogens with one attached hydrogen (secondary N) is 1. The van der Waals surface area contributed by atoms with Crippen LogP contribution in [0.3, 0.4) is 0 Å². The van der Waals surface area contributed by atoms with Gasteiger partial charge in [-0.15, -0.1) is 0 Å². The van der Waals surface area contributed by atoms with Crippen LogP contribution in [0.15, 0.2) is 48.5 Å². The quantitative estimate of drug-likeness (QED) is 0.877. The van der Waals surface area contributed by atoms with Crippen molar-refractivity contribution in [1.29, 1.82) is 5.26 Å².